The molecular formula is C9H13N3O2. The number of nitrogens with one attached hydrogen (secondary N) is 1. The number of nitrogen functional groups attached to an aromatic ring is 1. The predicted molar refractivity (Wildman–Crippen MR) is 54.4 cm³/mol. The lowest BCUT2D eigenvalue weighted by Gasteiger charge is -2.12. The van der Waals surface area contributed by atoms with Gasteiger partial charge in [0.05, 0.1) is 5.69 Å². The van der Waals surface area contributed by atoms with E-state index in [2.05, 4.69) is 10.3 Å². The van der Waals surface area contributed by atoms with Crippen LogP contribution in [0.4, 0.5) is 11.5 Å². The molecule has 1 aromatic rings. The number of carboxylic acid groups (broad SMARTS) is 1. The Balaban J connectivity index is 3.09. The second kappa shape index (κ2) is 3.95. The third kappa shape index (κ3) is 2.35. The standard InChI is InChI=1S/C9H13N3O2/c1-5(2)12-7-3-8(10)11-4-6(7)9(13)14/h3-5H,1-2H3,(H,13,14)(H3,10,11,12). The minimum Gasteiger partial charge on any atom is -0.478 e. The molecule has 0 saturated heterocycles. The molecule has 0 atom stereocenters. The van der Waals surface area contributed by atoms with Gasteiger partial charge in [-0.25, -0.2) is 9.78 Å². The van der Waals surface area contributed by atoms with E-state index in [1.807, 2.05) is 13.8 Å². The van der Waals surface area contributed by atoms with E-state index in [4.69, 9.17) is 10.8 Å². The number of nitrogens with zero attached hydrogens (tertiary/aromatic N) is 1. The number of rotatable bonds is 3. The van der Waals surface area contributed by atoms with Crippen LogP contribution in [0.1, 0.15) is 24.2 Å². The summed E-state index contributed by atoms with van der Waals surface area (Å²) in [5.41, 5.74) is 6.09. The molecule has 1 rings (SSSR count). The highest BCUT2D eigenvalue weighted by Crippen LogP contribution is 2.17. The molecule has 5 nitrogen and oxygen atoms in total. The zero-order chi connectivity index (χ0) is 10.7. The zero-order valence-electron chi connectivity index (χ0n) is 8.11. The van der Waals surface area contributed by atoms with Crippen LogP contribution in [-0.2, 0) is 0 Å². The number of carbonyl (C=O) groups is 1. The van der Waals surface area contributed by atoms with Gasteiger partial charge in [0.1, 0.15) is 11.4 Å². The van der Waals surface area contributed by atoms with Crippen LogP contribution in [0.15, 0.2) is 12.3 Å². The molecule has 0 aliphatic heterocycles. The Morgan fingerprint density at radius 1 is 1.64 bits per heavy atom. The number of aromatic carboxylic acids is 1. The van der Waals surface area contributed by atoms with E-state index in [9.17, 15) is 4.79 Å². The van der Waals surface area contributed by atoms with Gasteiger partial charge in [0.25, 0.3) is 0 Å². The summed E-state index contributed by atoms with van der Waals surface area (Å²) in [6.07, 6.45) is 1.25. The Labute approximate surface area is 82.0 Å². The second-order valence-electron chi connectivity index (χ2n) is 3.26. The summed E-state index contributed by atoms with van der Waals surface area (Å²) in [6, 6.07) is 1.67. The molecule has 1 heterocycles. The summed E-state index contributed by atoms with van der Waals surface area (Å²) in [7, 11) is 0. The first-order valence-corrected chi connectivity index (χ1v) is 4.26. The van der Waals surface area contributed by atoms with Crippen molar-refractivity contribution in [3.8, 4) is 0 Å². The van der Waals surface area contributed by atoms with E-state index in [0.29, 0.717) is 11.5 Å². The average molecular weight is 195 g/mol. The molecule has 76 valence electrons. The van der Waals surface area contributed by atoms with E-state index in [1.165, 1.54) is 12.3 Å². The van der Waals surface area contributed by atoms with Gasteiger partial charge < -0.3 is 16.2 Å². The number of pyridine rings is 1. The lowest BCUT2D eigenvalue weighted by Crippen LogP contribution is -2.14. The third-order valence-electron chi connectivity index (χ3n) is 1.60. The van der Waals surface area contributed by atoms with Crippen molar-refractivity contribution in [3.05, 3.63) is 17.8 Å². The normalized spacial score (nSPS) is 10.2. The number of nitrogens with two attached hydrogens (primary N) is 1. The summed E-state index contributed by atoms with van der Waals surface area (Å²) < 4.78 is 0. The van der Waals surface area contributed by atoms with E-state index in [1.54, 1.807) is 0 Å². The Bertz CT molecular complexity index is 350. The number of aromatic nitrogens is 1. The highest BCUT2D eigenvalue weighted by Gasteiger charge is 2.11. The van der Waals surface area contributed by atoms with Crippen LogP contribution in [0.2, 0.25) is 0 Å². The molecule has 0 amide bonds. The number of hydrogen-bond donors (Lipinski definition) is 3. The fraction of sp³-hybridized carbons (Fsp3) is 0.333. The number of anilines is 2. The maximum Gasteiger partial charge on any atom is 0.339 e. The first-order chi connectivity index (χ1) is 6.50. The molecule has 0 radical (unpaired) electrons. The Morgan fingerprint density at radius 2 is 2.29 bits per heavy atom. The summed E-state index contributed by atoms with van der Waals surface area (Å²) in [5, 5.41) is 11.8. The Hall–Kier alpha value is -1.78. The van der Waals surface area contributed by atoms with Crippen LogP contribution in [0.5, 0.6) is 0 Å². The molecule has 0 spiro atoms. The van der Waals surface area contributed by atoms with E-state index in [-0.39, 0.29) is 11.6 Å². The largest absolute Gasteiger partial charge is 0.478 e. The molecule has 0 aliphatic rings. The first-order valence-electron chi connectivity index (χ1n) is 4.26. The van der Waals surface area contributed by atoms with Crippen LogP contribution in [0, 0.1) is 0 Å². The van der Waals surface area contributed by atoms with Crippen LogP contribution < -0.4 is 11.1 Å². The van der Waals surface area contributed by atoms with Crippen molar-refractivity contribution < 1.29 is 9.90 Å². The molecule has 1 aromatic heterocycles. The number of hydrogen-bond acceptors (Lipinski definition) is 4. The van der Waals surface area contributed by atoms with Gasteiger partial charge in [-0.05, 0) is 13.8 Å². The van der Waals surface area contributed by atoms with E-state index < -0.39 is 5.97 Å². The lowest BCUT2D eigenvalue weighted by atomic mass is 10.2. The summed E-state index contributed by atoms with van der Waals surface area (Å²) in [6.45, 7) is 3.84. The van der Waals surface area contributed by atoms with Gasteiger partial charge >= 0.3 is 5.97 Å². The van der Waals surface area contributed by atoms with Gasteiger partial charge in [-0.15, -0.1) is 0 Å². The van der Waals surface area contributed by atoms with Crippen LogP contribution in [0.3, 0.4) is 0 Å². The van der Waals surface area contributed by atoms with Gasteiger partial charge in [0.15, 0.2) is 0 Å². The first kappa shape index (κ1) is 10.3. The highest BCUT2D eigenvalue weighted by atomic mass is 16.4. The van der Waals surface area contributed by atoms with Crippen molar-refractivity contribution in [3.63, 3.8) is 0 Å². The lowest BCUT2D eigenvalue weighted by molar-refractivity contribution is 0.0697. The Kier molecular flexibility index (Phi) is 2.91. The topological polar surface area (TPSA) is 88.2 Å². The average Bonchev–Trinajstić information content (AvgIpc) is 2.01. The molecule has 0 aromatic carbocycles. The maximum absolute atomic E-state index is 10.8. The second-order valence-corrected chi connectivity index (χ2v) is 3.26. The van der Waals surface area contributed by atoms with Crippen molar-refractivity contribution in [2.75, 3.05) is 11.1 Å². The van der Waals surface area contributed by atoms with Gasteiger partial charge in [0.2, 0.25) is 0 Å². The zero-order valence-corrected chi connectivity index (χ0v) is 8.11. The smallest absolute Gasteiger partial charge is 0.339 e. The minimum absolute atomic E-state index is 0.132. The summed E-state index contributed by atoms with van der Waals surface area (Å²) in [5.74, 6) is -0.709. The molecule has 0 bridgehead atoms. The molecule has 0 unspecified atom stereocenters. The molecule has 4 N–H and O–H groups in total. The van der Waals surface area contributed by atoms with Crippen LogP contribution in [-0.4, -0.2) is 22.1 Å². The van der Waals surface area contributed by atoms with Crippen LogP contribution in [0.25, 0.3) is 0 Å². The quantitative estimate of drug-likeness (QED) is 0.674. The van der Waals surface area contributed by atoms with E-state index in [0.717, 1.165) is 0 Å². The summed E-state index contributed by atoms with van der Waals surface area (Å²) in [4.78, 5) is 14.5. The van der Waals surface area contributed by atoms with Crippen molar-refractivity contribution in [1.82, 2.24) is 4.98 Å². The number of carboxylic acids is 1. The van der Waals surface area contributed by atoms with Gasteiger partial charge in [0, 0.05) is 18.3 Å². The van der Waals surface area contributed by atoms with E-state index >= 15 is 0 Å². The summed E-state index contributed by atoms with van der Waals surface area (Å²) >= 11 is 0. The fourth-order valence-corrected chi connectivity index (χ4v) is 1.07. The van der Waals surface area contributed by atoms with Crippen molar-refractivity contribution >= 4 is 17.5 Å². The molecule has 0 saturated carbocycles. The molecule has 0 fully saturated rings. The maximum atomic E-state index is 10.8. The van der Waals surface area contributed by atoms with Crippen molar-refractivity contribution in [1.29, 1.82) is 0 Å². The van der Waals surface area contributed by atoms with Gasteiger partial charge in [-0.1, -0.05) is 0 Å². The van der Waals surface area contributed by atoms with Gasteiger partial charge in [-0.2, -0.15) is 0 Å². The van der Waals surface area contributed by atoms with Crippen molar-refractivity contribution in [2.45, 2.75) is 19.9 Å². The molecule has 14 heavy (non-hydrogen) atoms. The SMILES string of the molecule is CC(C)Nc1cc(N)ncc1C(=O)O. The Morgan fingerprint density at radius 3 is 2.79 bits per heavy atom. The monoisotopic (exact) mass is 195 g/mol. The molecule has 5 heteroatoms. The fourth-order valence-electron chi connectivity index (χ4n) is 1.07. The molecule has 0 aliphatic carbocycles. The highest BCUT2D eigenvalue weighted by molar-refractivity contribution is 5.94. The third-order valence-corrected chi connectivity index (χ3v) is 1.60. The molecular weight excluding hydrogens is 182 g/mol. The predicted octanol–water partition coefficient (Wildman–Crippen LogP) is 1.18. The minimum atomic E-state index is -1.01. The van der Waals surface area contributed by atoms with Gasteiger partial charge in [-0.3, -0.25) is 0 Å². The van der Waals surface area contributed by atoms with Crippen LogP contribution >= 0.6 is 0 Å². The van der Waals surface area contributed by atoms with Crippen molar-refractivity contribution in [2.24, 2.45) is 0 Å².